The molecule has 0 spiro atoms. The summed E-state index contributed by atoms with van der Waals surface area (Å²) in [5.74, 6) is -0.641. The molecule has 1 N–H and O–H groups in total. The summed E-state index contributed by atoms with van der Waals surface area (Å²) in [6.07, 6.45) is 3.56. The Bertz CT molecular complexity index is 890. The van der Waals surface area contributed by atoms with Crippen LogP contribution in [0, 0.1) is 5.92 Å². The highest BCUT2D eigenvalue weighted by Gasteiger charge is 2.30. The average molecular weight is 434 g/mol. The zero-order chi connectivity index (χ0) is 21.6. The third kappa shape index (κ3) is 5.76. The van der Waals surface area contributed by atoms with Gasteiger partial charge in [0.25, 0.3) is 0 Å². The third-order valence-electron chi connectivity index (χ3n) is 5.43. The Balaban J connectivity index is 1.40. The molecule has 2 aliphatic heterocycles. The highest BCUT2D eigenvalue weighted by atomic mass is 32.2. The number of amides is 3. The van der Waals surface area contributed by atoms with Crippen LogP contribution in [0.25, 0.3) is 6.08 Å². The summed E-state index contributed by atoms with van der Waals surface area (Å²) in [7, 11) is -3.52. The number of imide groups is 1. The van der Waals surface area contributed by atoms with Crippen molar-refractivity contribution in [2.45, 2.75) is 32.1 Å². The second-order valence-electron chi connectivity index (χ2n) is 7.52. The maximum atomic E-state index is 12.5. The molecular formula is C21H27N3O5S. The van der Waals surface area contributed by atoms with Gasteiger partial charge in [0, 0.05) is 50.3 Å². The minimum Gasteiger partial charge on any atom is -0.356 e. The van der Waals surface area contributed by atoms with E-state index in [4.69, 9.17) is 0 Å². The molecule has 1 aromatic rings. The lowest BCUT2D eigenvalue weighted by molar-refractivity contribution is -0.138. The number of hydrogen-bond donors (Lipinski definition) is 1. The molecule has 2 aliphatic rings. The molecule has 0 unspecified atom stereocenters. The maximum absolute atomic E-state index is 12.5. The normalized spacial score (nSPS) is 19.0. The van der Waals surface area contributed by atoms with Gasteiger partial charge in [0.15, 0.2) is 0 Å². The lowest BCUT2D eigenvalue weighted by Gasteiger charge is -2.29. The van der Waals surface area contributed by atoms with Gasteiger partial charge < -0.3 is 5.32 Å². The fraction of sp³-hybridized carbons (Fsp3) is 0.476. The molecule has 3 amide bonds. The zero-order valence-electron chi connectivity index (χ0n) is 16.8. The van der Waals surface area contributed by atoms with Crippen LogP contribution in [0.4, 0.5) is 0 Å². The van der Waals surface area contributed by atoms with Gasteiger partial charge in [-0.25, -0.2) is 8.42 Å². The standard InChI is InChI=1S/C21H27N3O5S/c25-19-7-8-20(26)24(19)13-4-12-22-21(27)18-9-14-23(15-10-18)30(28,29)16-11-17-5-2-1-3-6-17/h1-3,5-6,11,16,18H,4,7-10,12-15H2,(H,22,27)/b16-11+. The van der Waals surface area contributed by atoms with E-state index in [0.29, 0.717) is 45.4 Å². The van der Waals surface area contributed by atoms with Crippen molar-refractivity contribution in [1.29, 1.82) is 0 Å². The topological polar surface area (TPSA) is 104 Å². The van der Waals surface area contributed by atoms with Crippen LogP contribution >= 0.6 is 0 Å². The molecule has 162 valence electrons. The van der Waals surface area contributed by atoms with E-state index in [-0.39, 0.29) is 36.5 Å². The Hall–Kier alpha value is -2.52. The summed E-state index contributed by atoms with van der Waals surface area (Å²) < 4.78 is 26.4. The van der Waals surface area contributed by atoms with Crippen LogP contribution in [0.3, 0.4) is 0 Å². The van der Waals surface area contributed by atoms with Crippen LogP contribution < -0.4 is 5.32 Å². The third-order valence-corrected chi connectivity index (χ3v) is 6.99. The van der Waals surface area contributed by atoms with Crippen molar-refractivity contribution < 1.29 is 22.8 Å². The first-order valence-electron chi connectivity index (χ1n) is 10.2. The van der Waals surface area contributed by atoms with Crippen molar-refractivity contribution >= 4 is 33.8 Å². The van der Waals surface area contributed by atoms with Crippen molar-refractivity contribution in [2.24, 2.45) is 5.92 Å². The summed E-state index contributed by atoms with van der Waals surface area (Å²) in [5, 5.41) is 4.05. The van der Waals surface area contributed by atoms with E-state index in [1.807, 2.05) is 30.3 Å². The van der Waals surface area contributed by atoms with Crippen molar-refractivity contribution in [3.8, 4) is 0 Å². The molecule has 3 rings (SSSR count). The number of piperidine rings is 1. The van der Waals surface area contributed by atoms with Crippen molar-refractivity contribution in [3.63, 3.8) is 0 Å². The second kappa shape index (κ2) is 9.99. The van der Waals surface area contributed by atoms with Gasteiger partial charge in [0.1, 0.15) is 0 Å². The average Bonchev–Trinajstić information content (AvgIpc) is 3.08. The molecule has 1 aromatic carbocycles. The Kier molecular flexibility index (Phi) is 7.38. The number of benzene rings is 1. The predicted octanol–water partition coefficient (Wildman–Crippen LogP) is 1.35. The molecule has 2 heterocycles. The van der Waals surface area contributed by atoms with Crippen LogP contribution in [0.2, 0.25) is 0 Å². The molecule has 2 fully saturated rings. The maximum Gasteiger partial charge on any atom is 0.236 e. The first-order valence-corrected chi connectivity index (χ1v) is 11.7. The fourth-order valence-electron chi connectivity index (χ4n) is 3.65. The summed E-state index contributed by atoms with van der Waals surface area (Å²) in [6.45, 7) is 1.31. The molecule has 0 bridgehead atoms. The van der Waals surface area contributed by atoms with Crippen LogP contribution in [0.5, 0.6) is 0 Å². The SMILES string of the molecule is O=C(NCCCN1C(=O)CCC1=O)C1CCN(S(=O)(=O)/C=C/c2ccccc2)CC1. The van der Waals surface area contributed by atoms with Gasteiger partial charge in [-0.2, -0.15) is 4.31 Å². The molecular weight excluding hydrogens is 406 g/mol. The van der Waals surface area contributed by atoms with Gasteiger partial charge in [-0.05, 0) is 30.9 Å². The van der Waals surface area contributed by atoms with Gasteiger partial charge in [0.2, 0.25) is 27.7 Å². The molecule has 9 heteroatoms. The monoisotopic (exact) mass is 433 g/mol. The number of carbonyl (C=O) groups is 3. The fourth-order valence-corrected chi connectivity index (χ4v) is 4.87. The summed E-state index contributed by atoms with van der Waals surface area (Å²) in [5.41, 5.74) is 0.813. The van der Waals surface area contributed by atoms with Gasteiger partial charge >= 0.3 is 0 Å². The van der Waals surface area contributed by atoms with Crippen LogP contribution in [0.15, 0.2) is 35.7 Å². The number of rotatable bonds is 8. The molecule has 0 aliphatic carbocycles. The molecule has 0 atom stereocenters. The Morgan fingerprint density at radius 3 is 2.33 bits per heavy atom. The number of carbonyl (C=O) groups excluding carboxylic acids is 3. The van der Waals surface area contributed by atoms with E-state index in [1.54, 1.807) is 6.08 Å². The quantitative estimate of drug-likeness (QED) is 0.492. The molecule has 30 heavy (non-hydrogen) atoms. The molecule has 0 saturated carbocycles. The molecule has 2 saturated heterocycles. The number of likely N-dealkylation sites (tertiary alicyclic amines) is 1. The number of nitrogens with one attached hydrogen (secondary N) is 1. The number of sulfonamides is 1. The number of nitrogens with zero attached hydrogens (tertiary/aromatic N) is 2. The molecule has 0 aromatic heterocycles. The molecule has 8 nitrogen and oxygen atoms in total. The highest BCUT2D eigenvalue weighted by molar-refractivity contribution is 7.92. The van der Waals surface area contributed by atoms with E-state index in [2.05, 4.69) is 5.32 Å². The lowest BCUT2D eigenvalue weighted by Crippen LogP contribution is -2.42. The van der Waals surface area contributed by atoms with Crippen molar-refractivity contribution in [3.05, 3.63) is 41.3 Å². The first kappa shape index (κ1) is 22.2. The van der Waals surface area contributed by atoms with E-state index < -0.39 is 10.0 Å². The van der Waals surface area contributed by atoms with Crippen LogP contribution in [-0.2, 0) is 24.4 Å². The zero-order valence-corrected chi connectivity index (χ0v) is 17.6. The largest absolute Gasteiger partial charge is 0.356 e. The van der Waals surface area contributed by atoms with Gasteiger partial charge in [0.05, 0.1) is 0 Å². The summed E-state index contributed by atoms with van der Waals surface area (Å²) in [4.78, 5) is 36.7. The summed E-state index contributed by atoms with van der Waals surface area (Å²) >= 11 is 0. The predicted molar refractivity (Wildman–Crippen MR) is 112 cm³/mol. The lowest BCUT2D eigenvalue weighted by atomic mass is 9.97. The van der Waals surface area contributed by atoms with Crippen molar-refractivity contribution in [1.82, 2.24) is 14.5 Å². The number of hydrogen-bond acceptors (Lipinski definition) is 5. The van der Waals surface area contributed by atoms with Crippen molar-refractivity contribution in [2.75, 3.05) is 26.2 Å². The van der Waals surface area contributed by atoms with Gasteiger partial charge in [-0.1, -0.05) is 30.3 Å². The Morgan fingerprint density at radius 1 is 1.07 bits per heavy atom. The first-order chi connectivity index (χ1) is 14.4. The van der Waals surface area contributed by atoms with E-state index in [9.17, 15) is 22.8 Å². The van der Waals surface area contributed by atoms with Crippen LogP contribution in [0.1, 0.15) is 37.7 Å². The van der Waals surface area contributed by atoms with E-state index in [0.717, 1.165) is 5.56 Å². The van der Waals surface area contributed by atoms with Gasteiger partial charge in [-0.15, -0.1) is 0 Å². The Morgan fingerprint density at radius 2 is 1.70 bits per heavy atom. The minimum atomic E-state index is -3.52. The smallest absolute Gasteiger partial charge is 0.236 e. The van der Waals surface area contributed by atoms with Crippen LogP contribution in [-0.4, -0.2) is 61.5 Å². The second-order valence-corrected chi connectivity index (χ2v) is 9.33. The highest BCUT2D eigenvalue weighted by Crippen LogP contribution is 2.21. The van der Waals surface area contributed by atoms with E-state index >= 15 is 0 Å². The van der Waals surface area contributed by atoms with E-state index in [1.165, 1.54) is 14.6 Å². The molecule has 0 radical (unpaired) electrons. The summed E-state index contributed by atoms with van der Waals surface area (Å²) in [6, 6.07) is 9.22. The minimum absolute atomic E-state index is 0.106. The Labute approximate surface area is 177 Å². The van der Waals surface area contributed by atoms with Gasteiger partial charge in [-0.3, -0.25) is 19.3 Å².